The van der Waals surface area contributed by atoms with Crippen molar-refractivity contribution in [3.63, 3.8) is 0 Å². The maximum absolute atomic E-state index is 11.0. The van der Waals surface area contributed by atoms with E-state index in [2.05, 4.69) is 11.8 Å². The van der Waals surface area contributed by atoms with Gasteiger partial charge in [-0.15, -0.1) is 0 Å². The van der Waals surface area contributed by atoms with Crippen LogP contribution in [0.15, 0.2) is 18.2 Å². The van der Waals surface area contributed by atoms with Gasteiger partial charge in [-0.3, -0.25) is 0 Å². The highest BCUT2D eigenvalue weighted by Crippen LogP contribution is 2.36. The van der Waals surface area contributed by atoms with Crippen LogP contribution < -0.4 is 4.90 Å². The number of nitrogens with zero attached hydrogens (tertiary/aromatic N) is 1. The van der Waals surface area contributed by atoms with Gasteiger partial charge in [0.2, 0.25) is 0 Å². The van der Waals surface area contributed by atoms with Crippen LogP contribution in [0, 0.1) is 5.92 Å². The fourth-order valence-corrected chi connectivity index (χ4v) is 3.62. The molecule has 1 saturated carbocycles. The van der Waals surface area contributed by atoms with Crippen molar-refractivity contribution in [2.45, 2.75) is 45.1 Å². The number of carbonyl (C=O) groups is 1. The summed E-state index contributed by atoms with van der Waals surface area (Å²) in [5, 5.41) is 9.05. The number of anilines is 1. The molecule has 2 aliphatic rings. The summed E-state index contributed by atoms with van der Waals surface area (Å²) in [5.74, 6) is -0.00590. The first-order valence-corrected chi connectivity index (χ1v) is 7.28. The lowest BCUT2D eigenvalue weighted by molar-refractivity contribution is 0.0697. The first-order valence-electron chi connectivity index (χ1n) is 7.28. The smallest absolute Gasteiger partial charge is 0.335 e. The van der Waals surface area contributed by atoms with Crippen molar-refractivity contribution in [1.82, 2.24) is 0 Å². The SMILES string of the molecule is CC1CCCC(N2CCc3cc(C(=O)O)ccc32)C1. The van der Waals surface area contributed by atoms with Crippen molar-refractivity contribution >= 4 is 11.7 Å². The van der Waals surface area contributed by atoms with Gasteiger partial charge in [0.1, 0.15) is 0 Å². The van der Waals surface area contributed by atoms with E-state index in [1.807, 2.05) is 12.1 Å². The van der Waals surface area contributed by atoms with Gasteiger partial charge in [0, 0.05) is 18.3 Å². The quantitative estimate of drug-likeness (QED) is 0.885. The summed E-state index contributed by atoms with van der Waals surface area (Å²) in [7, 11) is 0. The third kappa shape index (κ3) is 2.34. The summed E-state index contributed by atoms with van der Waals surface area (Å²) in [6, 6.07) is 6.25. The fraction of sp³-hybridized carbons (Fsp3) is 0.562. The Kier molecular flexibility index (Phi) is 3.21. The number of rotatable bonds is 2. The zero-order valence-electron chi connectivity index (χ0n) is 11.4. The van der Waals surface area contributed by atoms with Crippen molar-refractivity contribution in [1.29, 1.82) is 0 Å². The van der Waals surface area contributed by atoms with E-state index in [9.17, 15) is 4.79 Å². The predicted molar refractivity (Wildman–Crippen MR) is 75.9 cm³/mol. The predicted octanol–water partition coefficient (Wildman–Crippen LogP) is 3.33. The Hall–Kier alpha value is -1.51. The average molecular weight is 259 g/mol. The molecule has 0 bridgehead atoms. The zero-order valence-corrected chi connectivity index (χ0v) is 11.4. The van der Waals surface area contributed by atoms with Gasteiger partial charge in [-0.1, -0.05) is 19.8 Å². The zero-order chi connectivity index (χ0) is 13.4. The van der Waals surface area contributed by atoms with E-state index < -0.39 is 5.97 Å². The lowest BCUT2D eigenvalue weighted by atomic mass is 9.86. The van der Waals surface area contributed by atoms with Crippen LogP contribution >= 0.6 is 0 Å². The molecule has 0 aromatic heterocycles. The highest BCUT2D eigenvalue weighted by Gasteiger charge is 2.29. The Labute approximate surface area is 114 Å². The van der Waals surface area contributed by atoms with Crippen molar-refractivity contribution in [3.05, 3.63) is 29.3 Å². The second-order valence-corrected chi connectivity index (χ2v) is 6.02. The fourth-order valence-electron chi connectivity index (χ4n) is 3.62. The van der Waals surface area contributed by atoms with Crippen molar-refractivity contribution in [2.24, 2.45) is 5.92 Å². The Bertz CT molecular complexity index is 498. The van der Waals surface area contributed by atoms with Gasteiger partial charge in [-0.25, -0.2) is 4.79 Å². The molecule has 1 fully saturated rings. The highest BCUT2D eigenvalue weighted by atomic mass is 16.4. The van der Waals surface area contributed by atoms with Gasteiger partial charge in [0.05, 0.1) is 5.56 Å². The summed E-state index contributed by atoms with van der Waals surface area (Å²) in [5.41, 5.74) is 2.89. The number of benzene rings is 1. The Morgan fingerprint density at radius 3 is 2.95 bits per heavy atom. The van der Waals surface area contributed by atoms with Crippen molar-refractivity contribution in [3.8, 4) is 0 Å². The molecule has 1 aromatic rings. The number of hydrogen-bond acceptors (Lipinski definition) is 2. The largest absolute Gasteiger partial charge is 0.478 e. The summed E-state index contributed by atoms with van der Waals surface area (Å²) in [6.07, 6.45) is 6.23. The van der Waals surface area contributed by atoms with E-state index in [-0.39, 0.29) is 0 Å². The molecule has 0 spiro atoms. The molecule has 1 aliphatic carbocycles. The summed E-state index contributed by atoms with van der Waals surface area (Å²) >= 11 is 0. The van der Waals surface area contributed by atoms with Gasteiger partial charge in [-0.2, -0.15) is 0 Å². The minimum absolute atomic E-state index is 0.414. The lowest BCUT2D eigenvalue weighted by Crippen LogP contribution is -2.37. The molecular formula is C16H21NO2. The molecule has 19 heavy (non-hydrogen) atoms. The average Bonchev–Trinajstić information content (AvgIpc) is 2.81. The van der Waals surface area contributed by atoms with Crippen LogP contribution in [0.4, 0.5) is 5.69 Å². The molecule has 102 valence electrons. The number of carboxylic acids is 1. The third-order valence-electron chi connectivity index (χ3n) is 4.61. The molecule has 0 radical (unpaired) electrons. The van der Waals surface area contributed by atoms with Crippen LogP contribution in [0.5, 0.6) is 0 Å². The van der Waals surface area contributed by atoms with Gasteiger partial charge >= 0.3 is 5.97 Å². The molecule has 0 amide bonds. The molecule has 3 rings (SSSR count). The maximum atomic E-state index is 11.0. The third-order valence-corrected chi connectivity index (χ3v) is 4.61. The first kappa shape index (κ1) is 12.5. The number of hydrogen-bond donors (Lipinski definition) is 1. The number of aromatic carboxylic acids is 1. The molecular weight excluding hydrogens is 238 g/mol. The lowest BCUT2D eigenvalue weighted by Gasteiger charge is -2.36. The first-order chi connectivity index (χ1) is 9.15. The Morgan fingerprint density at radius 2 is 2.21 bits per heavy atom. The van der Waals surface area contributed by atoms with E-state index in [1.165, 1.54) is 36.9 Å². The highest BCUT2D eigenvalue weighted by molar-refractivity contribution is 5.88. The molecule has 1 aromatic carbocycles. The Balaban J connectivity index is 1.83. The van der Waals surface area contributed by atoms with Gasteiger partial charge in [0.25, 0.3) is 0 Å². The minimum Gasteiger partial charge on any atom is -0.478 e. The van der Waals surface area contributed by atoms with Crippen LogP contribution in [-0.4, -0.2) is 23.7 Å². The van der Waals surface area contributed by atoms with Crippen LogP contribution in [0.25, 0.3) is 0 Å². The van der Waals surface area contributed by atoms with Gasteiger partial charge < -0.3 is 10.0 Å². The van der Waals surface area contributed by atoms with E-state index in [0.29, 0.717) is 11.6 Å². The van der Waals surface area contributed by atoms with Crippen LogP contribution in [0.1, 0.15) is 48.5 Å². The maximum Gasteiger partial charge on any atom is 0.335 e. The van der Waals surface area contributed by atoms with E-state index in [0.717, 1.165) is 18.9 Å². The van der Waals surface area contributed by atoms with Crippen LogP contribution in [-0.2, 0) is 6.42 Å². The van der Waals surface area contributed by atoms with Crippen LogP contribution in [0.2, 0.25) is 0 Å². The standard InChI is InChI=1S/C16H21NO2/c1-11-3-2-4-14(9-11)17-8-7-12-10-13(16(18)19)5-6-15(12)17/h5-6,10-11,14H,2-4,7-9H2,1H3,(H,18,19). The molecule has 3 heteroatoms. The van der Waals surface area contributed by atoms with E-state index in [4.69, 9.17) is 5.11 Å². The van der Waals surface area contributed by atoms with Gasteiger partial charge in [0.15, 0.2) is 0 Å². The number of carboxylic acid groups (broad SMARTS) is 1. The van der Waals surface area contributed by atoms with Gasteiger partial charge in [-0.05, 0) is 48.9 Å². The van der Waals surface area contributed by atoms with E-state index in [1.54, 1.807) is 6.07 Å². The monoisotopic (exact) mass is 259 g/mol. The normalized spacial score (nSPS) is 26.3. The number of fused-ring (bicyclic) bond motifs is 1. The molecule has 3 nitrogen and oxygen atoms in total. The minimum atomic E-state index is -0.826. The Morgan fingerprint density at radius 1 is 1.37 bits per heavy atom. The van der Waals surface area contributed by atoms with E-state index >= 15 is 0 Å². The summed E-state index contributed by atoms with van der Waals surface area (Å²) < 4.78 is 0. The summed E-state index contributed by atoms with van der Waals surface area (Å²) in [4.78, 5) is 13.5. The molecule has 0 saturated heterocycles. The van der Waals surface area contributed by atoms with Crippen molar-refractivity contribution < 1.29 is 9.90 Å². The molecule has 1 N–H and O–H groups in total. The molecule has 2 unspecified atom stereocenters. The molecule has 1 heterocycles. The summed E-state index contributed by atoms with van der Waals surface area (Å²) in [6.45, 7) is 3.40. The van der Waals surface area contributed by atoms with Crippen molar-refractivity contribution in [2.75, 3.05) is 11.4 Å². The van der Waals surface area contributed by atoms with Crippen LogP contribution in [0.3, 0.4) is 0 Å². The molecule has 2 atom stereocenters. The molecule has 1 aliphatic heterocycles. The second kappa shape index (κ2) is 4.87. The topological polar surface area (TPSA) is 40.5 Å². The second-order valence-electron chi connectivity index (χ2n) is 6.02.